The molecule has 3 aromatic carbocycles. The molecule has 0 fully saturated rings. The maximum atomic E-state index is 12.9. The van der Waals surface area contributed by atoms with Crippen LogP contribution in [0.1, 0.15) is 52.0 Å². The predicted molar refractivity (Wildman–Crippen MR) is 134 cm³/mol. The van der Waals surface area contributed by atoms with Crippen LogP contribution >= 0.6 is 0 Å². The number of phenolic OH excluding ortho intramolecular Hbond substituents is 1. The van der Waals surface area contributed by atoms with Gasteiger partial charge in [0, 0.05) is 5.56 Å². The number of carbonyl (C=O) groups excluding carboxylic acids is 1. The molecule has 0 aliphatic rings. The van der Waals surface area contributed by atoms with Crippen LogP contribution in [0.15, 0.2) is 72.3 Å². The van der Waals surface area contributed by atoms with Gasteiger partial charge in [0.25, 0.3) is 0 Å². The van der Waals surface area contributed by atoms with Crippen LogP contribution in [-0.4, -0.2) is 18.2 Å². The zero-order valence-corrected chi connectivity index (χ0v) is 20.2. The minimum absolute atomic E-state index is 0.0510. The molecule has 0 saturated carbocycles. The van der Waals surface area contributed by atoms with Crippen LogP contribution in [-0.2, 0) is 23.9 Å². The first kappa shape index (κ1) is 26.6. The van der Waals surface area contributed by atoms with Gasteiger partial charge in [-0.15, -0.1) is 0 Å². The number of allylic oxidation sites excluding steroid dienone is 2. The van der Waals surface area contributed by atoms with Gasteiger partial charge in [0.15, 0.2) is 0 Å². The highest BCUT2D eigenvalue weighted by Crippen LogP contribution is 2.37. The molecule has 0 spiro atoms. The van der Waals surface area contributed by atoms with Gasteiger partial charge in [-0.05, 0) is 55.2 Å². The summed E-state index contributed by atoms with van der Waals surface area (Å²) in [6, 6.07) is 15.7. The van der Waals surface area contributed by atoms with Crippen LogP contribution in [0.25, 0.3) is 12.2 Å². The second kappa shape index (κ2) is 11.6. The SMILES string of the molecule is COC(=O)c1c(C=Cc2ccc(C(F)(F)F)cc2)cc(OCc2ccccc2)c(CC=C(C)C)c1O. The molecule has 0 amide bonds. The number of hydrogen-bond acceptors (Lipinski definition) is 4. The number of benzene rings is 3. The summed E-state index contributed by atoms with van der Waals surface area (Å²) in [4.78, 5) is 12.6. The highest BCUT2D eigenvalue weighted by Gasteiger charge is 2.29. The molecule has 0 saturated heterocycles. The molecule has 0 atom stereocenters. The minimum Gasteiger partial charge on any atom is -0.507 e. The lowest BCUT2D eigenvalue weighted by Crippen LogP contribution is -2.08. The van der Waals surface area contributed by atoms with E-state index in [1.165, 1.54) is 25.3 Å². The van der Waals surface area contributed by atoms with Crippen LogP contribution in [0.5, 0.6) is 11.5 Å². The van der Waals surface area contributed by atoms with E-state index in [0.29, 0.717) is 28.9 Å². The van der Waals surface area contributed by atoms with Gasteiger partial charge in [-0.3, -0.25) is 0 Å². The predicted octanol–water partition coefficient (Wildman–Crippen LogP) is 7.46. The maximum absolute atomic E-state index is 12.9. The standard InChI is InChI=1S/C29H27F3O4/c1-19(2)9-16-24-25(36-18-21-7-5-4-6-8-21)17-22(26(27(24)33)28(34)35-3)13-10-20-11-14-23(15-12-20)29(30,31)32/h4-15,17,33H,16,18H2,1-3H3. The molecule has 0 heterocycles. The summed E-state index contributed by atoms with van der Waals surface area (Å²) in [7, 11) is 1.21. The molecule has 0 radical (unpaired) electrons. The van der Waals surface area contributed by atoms with E-state index < -0.39 is 17.7 Å². The van der Waals surface area contributed by atoms with Gasteiger partial charge in [-0.25, -0.2) is 4.79 Å². The molecule has 188 valence electrons. The van der Waals surface area contributed by atoms with Crippen molar-refractivity contribution in [1.29, 1.82) is 0 Å². The molecule has 7 heteroatoms. The Kier molecular flexibility index (Phi) is 8.59. The molecular weight excluding hydrogens is 469 g/mol. The van der Waals surface area contributed by atoms with Crippen LogP contribution in [0.4, 0.5) is 13.2 Å². The van der Waals surface area contributed by atoms with Crippen molar-refractivity contribution in [2.75, 3.05) is 7.11 Å². The molecule has 0 unspecified atom stereocenters. The maximum Gasteiger partial charge on any atom is 0.416 e. The van der Waals surface area contributed by atoms with Crippen LogP contribution in [0.2, 0.25) is 0 Å². The van der Waals surface area contributed by atoms with Crippen molar-refractivity contribution in [2.24, 2.45) is 0 Å². The van der Waals surface area contributed by atoms with Crippen LogP contribution < -0.4 is 4.74 Å². The molecular formula is C29H27F3O4. The Morgan fingerprint density at radius 1 is 1.00 bits per heavy atom. The van der Waals surface area contributed by atoms with Crippen molar-refractivity contribution in [2.45, 2.75) is 33.1 Å². The first-order chi connectivity index (χ1) is 17.1. The van der Waals surface area contributed by atoms with Crippen LogP contribution in [0, 0.1) is 0 Å². The average Bonchev–Trinajstić information content (AvgIpc) is 2.85. The van der Waals surface area contributed by atoms with E-state index in [0.717, 1.165) is 23.3 Å². The summed E-state index contributed by atoms with van der Waals surface area (Å²) in [6.45, 7) is 4.08. The second-order valence-electron chi connectivity index (χ2n) is 8.37. The number of esters is 1. The molecule has 1 N–H and O–H groups in total. The van der Waals surface area contributed by atoms with E-state index in [1.54, 1.807) is 12.1 Å². The summed E-state index contributed by atoms with van der Waals surface area (Å²) in [5.74, 6) is -0.627. The van der Waals surface area contributed by atoms with Gasteiger partial charge in [-0.2, -0.15) is 13.2 Å². The Hall–Kier alpha value is -4.00. The normalized spacial score (nSPS) is 11.4. The van der Waals surface area contributed by atoms with E-state index in [2.05, 4.69) is 0 Å². The molecule has 0 bridgehead atoms. The summed E-state index contributed by atoms with van der Waals surface area (Å²) in [5, 5.41) is 11.1. The zero-order chi connectivity index (χ0) is 26.3. The van der Waals surface area contributed by atoms with Gasteiger partial charge in [0.05, 0.1) is 12.7 Å². The molecule has 3 aromatic rings. The molecule has 4 nitrogen and oxygen atoms in total. The Bertz CT molecular complexity index is 1250. The molecule has 0 aliphatic heterocycles. The lowest BCUT2D eigenvalue weighted by molar-refractivity contribution is -0.137. The molecule has 0 aliphatic carbocycles. The van der Waals surface area contributed by atoms with Gasteiger partial charge >= 0.3 is 12.1 Å². The fourth-order valence-corrected chi connectivity index (χ4v) is 3.49. The lowest BCUT2D eigenvalue weighted by Gasteiger charge is -2.17. The average molecular weight is 497 g/mol. The number of halogens is 3. The number of phenols is 1. The van der Waals surface area contributed by atoms with Gasteiger partial charge in [0.2, 0.25) is 0 Å². The van der Waals surface area contributed by atoms with Gasteiger partial charge < -0.3 is 14.6 Å². The number of methoxy groups -OCH3 is 1. The highest BCUT2D eigenvalue weighted by molar-refractivity contribution is 5.98. The first-order valence-electron chi connectivity index (χ1n) is 11.2. The third kappa shape index (κ3) is 6.78. The summed E-state index contributed by atoms with van der Waals surface area (Å²) in [6.07, 6.45) is 0.888. The quantitative estimate of drug-likeness (QED) is 0.200. The molecule has 0 aromatic heterocycles. The van der Waals surface area contributed by atoms with Crippen molar-refractivity contribution >= 4 is 18.1 Å². The molecule has 3 rings (SSSR count). The van der Waals surface area contributed by atoms with E-state index in [4.69, 9.17) is 9.47 Å². The second-order valence-corrected chi connectivity index (χ2v) is 8.37. The Morgan fingerprint density at radius 3 is 2.25 bits per heavy atom. The minimum atomic E-state index is -4.43. The number of aromatic hydroxyl groups is 1. The number of carbonyl (C=O) groups is 1. The third-order valence-corrected chi connectivity index (χ3v) is 5.43. The lowest BCUT2D eigenvalue weighted by atomic mass is 9.97. The number of rotatable bonds is 8. The fourth-order valence-electron chi connectivity index (χ4n) is 3.49. The highest BCUT2D eigenvalue weighted by atomic mass is 19.4. The Labute approximate surface area is 208 Å². The molecule has 36 heavy (non-hydrogen) atoms. The van der Waals surface area contributed by atoms with E-state index >= 15 is 0 Å². The largest absolute Gasteiger partial charge is 0.507 e. The topological polar surface area (TPSA) is 55.8 Å². The van der Waals surface area contributed by atoms with Crippen molar-refractivity contribution in [3.8, 4) is 11.5 Å². The van der Waals surface area contributed by atoms with Crippen molar-refractivity contribution in [1.82, 2.24) is 0 Å². The van der Waals surface area contributed by atoms with Crippen LogP contribution in [0.3, 0.4) is 0 Å². The van der Waals surface area contributed by atoms with Crippen molar-refractivity contribution < 1.29 is 32.5 Å². The Balaban J connectivity index is 2.06. The summed E-state index contributed by atoms with van der Waals surface area (Å²) in [5.41, 5.74) is 2.36. The van der Waals surface area contributed by atoms with Crippen molar-refractivity contribution in [3.05, 3.63) is 106 Å². The van der Waals surface area contributed by atoms with Gasteiger partial charge in [-0.1, -0.05) is 66.3 Å². The van der Waals surface area contributed by atoms with Crippen molar-refractivity contribution in [3.63, 3.8) is 0 Å². The first-order valence-corrected chi connectivity index (χ1v) is 11.2. The summed E-state index contributed by atoms with van der Waals surface area (Å²) >= 11 is 0. The smallest absolute Gasteiger partial charge is 0.416 e. The van der Waals surface area contributed by atoms with E-state index in [1.807, 2.05) is 50.3 Å². The zero-order valence-electron chi connectivity index (χ0n) is 20.2. The van der Waals surface area contributed by atoms with Gasteiger partial charge in [0.1, 0.15) is 23.7 Å². The Morgan fingerprint density at radius 2 is 1.67 bits per heavy atom. The fraction of sp³-hybridized carbons (Fsp3) is 0.207. The van der Waals surface area contributed by atoms with E-state index in [9.17, 15) is 23.1 Å². The third-order valence-electron chi connectivity index (χ3n) is 5.43. The number of ether oxygens (including phenoxy) is 2. The summed E-state index contributed by atoms with van der Waals surface area (Å²) < 4.78 is 49.6. The number of alkyl halides is 3. The van der Waals surface area contributed by atoms with E-state index in [-0.39, 0.29) is 17.9 Å². The monoisotopic (exact) mass is 496 g/mol. The number of hydrogen-bond donors (Lipinski definition) is 1.